The molecular weight excluding hydrogens is 318 g/mol. The molecule has 0 aliphatic carbocycles. The molecule has 0 saturated carbocycles. The number of likely N-dealkylation sites (N-methyl/N-ethyl adjacent to an activating group) is 1. The van der Waals surface area contributed by atoms with Crippen LogP contribution in [0.4, 0.5) is 0 Å². The molecule has 1 aromatic heterocycles. The van der Waals surface area contributed by atoms with Crippen molar-refractivity contribution < 1.29 is 9.53 Å². The monoisotopic (exact) mass is 343 g/mol. The number of aromatic nitrogens is 3. The number of rotatable bonds is 6. The number of nitrogens with zero attached hydrogens (tertiary/aromatic N) is 5. The fourth-order valence-electron chi connectivity index (χ4n) is 3.15. The molecule has 7 nitrogen and oxygen atoms in total. The lowest BCUT2D eigenvalue weighted by Gasteiger charge is -2.32. The van der Waals surface area contributed by atoms with Crippen LogP contribution in [0.5, 0.6) is 5.75 Å². The summed E-state index contributed by atoms with van der Waals surface area (Å²) >= 11 is 0. The molecule has 0 bridgehead atoms. The number of benzene rings is 1. The molecule has 0 spiro atoms. The standard InChI is InChI=1S/C18H25N5O2/c1-21(11-15-3-5-17(25-2)6-4-15)18(24)12-22-9-7-16(8-10-22)23-14-19-13-20-23/h3-6,13-14,16H,7-12H2,1-2H3. The Morgan fingerprint density at radius 3 is 2.60 bits per heavy atom. The zero-order valence-electron chi connectivity index (χ0n) is 14.8. The van der Waals surface area contributed by atoms with Crippen LogP contribution < -0.4 is 4.74 Å². The van der Waals surface area contributed by atoms with Gasteiger partial charge in [0.2, 0.25) is 5.91 Å². The lowest BCUT2D eigenvalue weighted by Crippen LogP contribution is -2.42. The summed E-state index contributed by atoms with van der Waals surface area (Å²) in [6.45, 7) is 2.90. The van der Waals surface area contributed by atoms with Crippen molar-refractivity contribution in [2.24, 2.45) is 0 Å². The minimum absolute atomic E-state index is 0.148. The Hall–Kier alpha value is -2.41. The Kier molecular flexibility index (Phi) is 5.65. The number of hydrogen-bond acceptors (Lipinski definition) is 5. The fraction of sp³-hybridized carbons (Fsp3) is 0.500. The van der Waals surface area contributed by atoms with Crippen molar-refractivity contribution in [1.82, 2.24) is 24.6 Å². The highest BCUT2D eigenvalue weighted by Crippen LogP contribution is 2.21. The van der Waals surface area contributed by atoms with Gasteiger partial charge in [0.15, 0.2) is 0 Å². The topological polar surface area (TPSA) is 63.5 Å². The predicted octanol–water partition coefficient (Wildman–Crippen LogP) is 1.58. The average molecular weight is 343 g/mol. The highest BCUT2D eigenvalue weighted by atomic mass is 16.5. The normalized spacial score (nSPS) is 15.9. The average Bonchev–Trinajstić information content (AvgIpc) is 3.17. The second kappa shape index (κ2) is 8.11. The summed E-state index contributed by atoms with van der Waals surface area (Å²) in [5, 5.41) is 4.22. The van der Waals surface area contributed by atoms with E-state index in [9.17, 15) is 4.79 Å². The van der Waals surface area contributed by atoms with E-state index in [1.165, 1.54) is 0 Å². The van der Waals surface area contributed by atoms with E-state index in [0.29, 0.717) is 19.1 Å². The van der Waals surface area contributed by atoms with Crippen molar-refractivity contribution in [3.63, 3.8) is 0 Å². The molecule has 1 aliphatic heterocycles. The van der Waals surface area contributed by atoms with Gasteiger partial charge in [-0.1, -0.05) is 12.1 Å². The zero-order valence-corrected chi connectivity index (χ0v) is 14.8. The van der Waals surface area contributed by atoms with Crippen molar-refractivity contribution in [2.45, 2.75) is 25.4 Å². The van der Waals surface area contributed by atoms with E-state index >= 15 is 0 Å². The van der Waals surface area contributed by atoms with Crippen LogP contribution in [-0.4, -0.2) is 64.3 Å². The number of hydrogen-bond donors (Lipinski definition) is 0. The minimum Gasteiger partial charge on any atom is -0.497 e. The maximum atomic E-state index is 12.5. The first kappa shape index (κ1) is 17.4. The minimum atomic E-state index is 0.148. The maximum absolute atomic E-state index is 12.5. The van der Waals surface area contributed by atoms with Crippen LogP contribution in [-0.2, 0) is 11.3 Å². The zero-order chi connectivity index (χ0) is 17.6. The second-order valence-corrected chi connectivity index (χ2v) is 6.48. The predicted molar refractivity (Wildman–Crippen MR) is 94.2 cm³/mol. The smallest absolute Gasteiger partial charge is 0.236 e. The third-order valence-electron chi connectivity index (χ3n) is 4.73. The lowest BCUT2D eigenvalue weighted by atomic mass is 10.1. The van der Waals surface area contributed by atoms with Gasteiger partial charge in [-0.25, -0.2) is 9.67 Å². The molecule has 1 aromatic carbocycles. The summed E-state index contributed by atoms with van der Waals surface area (Å²) in [4.78, 5) is 20.5. The van der Waals surface area contributed by atoms with Crippen LogP contribution in [0, 0.1) is 0 Å². The van der Waals surface area contributed by atoms with Crippen molar-refractivity contribution in [3.05, 3.63) is 42.5 Å². The summed E-state index contributed by atoms with van der Waals surface area (Å²) in [5.41, 5.74) is 1.10. The molecule has 0 unspecified atom stereocenters. The molecule has 1 amide bonds. The van der Waals surface area contributed by atoms with Gasteiger partial charge in [0.05, 0.1) is 19.7 Å². The highest BCUT2D eigenvalue weighted by molar-refractivity contribution is 5.78. The molecule has 2 heterocycles. The van der Waals surface area contributed by atoms with Gasteiger partial charge in [0.25, 0.3) is 0 Å². The van der Waals surface area contributed by atoms with Gasteiger partial charge in [0.1, 0.15) is 18.4 Å². The number of piperidine rings is 1. The van der Waals surface area contributed by atoms with Crippen LogP contribution in [0.3, 0.4) is 0 Å². The van der Waals surface area contributed by atoms with E-state index < -0.39 is 0 Å². The first-order chi connectivity index (χ1) is 12.2. The molecule has 0 atom stereocenters. The number of carbonyl (C=O) groups excluding carboxylic acids is 1. The number of amides is 1. The van der Waals surface area contributed by atoms with Crippen molar-refractivity contribution in [2.75, 3.05) is 33.8 Å². The van der Waals surface area contributed by atoms with Crippen LogP contribution in [0.25, 0.3) is 0 Å². The maximum Gasteiger partial charge on any atom is 0.236 e. The summed E-state index contributed by atoms with van der Waals surface area (Å²) in [6.07, 6.45) is 5.34. The molecule has 1 aliphatic rings. The van der Waals surface area contributed by atoms with Crippen molar-refractivity contribution in [1.29, 1.82) is 0 Å². The van der Waals surface area contributed by atoms with Gasteiger partial charge < -0.3 is 9.64 Å². The highest BCUT2D eigenvalue weighted by Gasteiger charge is 2.23. The van der Waals surface area contributed by atoms with Crippen LogP contribution in [0.15, 0.2) is 36.9 Å². The van der Waals surface area contributed by atoms with Gasteiger partial charge in [-0.05, 0) is 30.5 Å². The molecule has 3 rings (SSSR count). The number of ether oxygens (including phenoxy) is 1. The summed E-state index contributed by atoms with van der Waals surface area (Å²) in [5.74, 6) is 0.975. The molecule has 1 saturated heterocycles. The lowest BCUT2D eigenvalue weighted by molar-refractivity contribution is -0.132. The molecule has 1 fully saturated rings. The fourth-order valence-corrected chi connectivity index (χ4v) is 3.15. The van der Waals surface area contributed by atoms with Crippen LogP contribution in [0.1, 0.15) is 24.4 Å². The van der Waals surface area contributed by atoms with Gasteiger partial charge in [-0.15, -0.1) is 0 Å². The number of likely N-dealkylation sites (tertiary alicyclic amines) is 1. The SMILES string of the molecule is COc1ccc(CN(C)C(=O)CN2CCC(n3cncn3)CC2)cc1. The van der Waals surface area contributed by atoms with E-state index in [1.54, 1.807) is 24.7 Å². The molecular formula is C18H25N5O2. The Morgan fingerprint density at radius 2 is 2.00 bits per heavy atom. The Morgan fingerprint density at radius 1 is 1.28 bits per heavy atom. The molecule has 2 aromatic rings. The third-order valence-corrected chi connectivity index (χ3v) is 4.73. The van der Waals surface area contributed by atoms with Gasteiger partial charge in [0, 0.05) is 26.7 Å². The Labute approximate surface area is 148 Å². The van der Waals surface area contributed by atoms with E-state index in [0.717, 1.165) is 37.2 Å². The van der Waals surface area contributed by atoms with Gasteiger partial charge >= 0.3 is 0 Å². The van der Waals surface area contributed by atoms with E-state index in [1.807, 2.05) is 36.0 Å². The largest absolute Gasteiger partial charge is 0.497 e. The third kappa shape index (κ3) is 4.57. The second-order valence-electron chi connectivity index (χ2n) is 6.48. The summed E-state index contributed by atoms with van der Waals surface area (Å²) < 4.78 is 7.09. The van der Waals surface area contributed by atoms with Crippen molar-refractivity contribution >= 4 is 5.91 Å². The number of carbonyl (C=O) groups is 1. The first-order valence-electron chi connectivity index (χ1n) is 8.59. The molecule has 25 heavy (non-hydrogen) atoms. The number of methoxy groups -OCH3 is 1. The molecule has 134 valence electrons. The quantitative estimate of drug-likeness (QED) is 0.797. The summed E-state index contributed by atoms with van der Waals surface area (Å²) in [6, 6.07) is 8.22. The summed E-state index contributed by atoms with van der Waals surface area (Å²) in [7, 11) is 3.51. The Balaban J connectivity index is 1.45. The van der Waals surface area contributed by atoms with Crippen LogP contribution >= 0.6 is 0 Å². The Bertz CT molecular complexity index is 663. The van der Waals surface area contributed by atoms with E-state index in [4.69, 9.17) is 4.74 Å². The van der Waals surface area contributed by atoms with E-state index in [2.05, 4.69) is 15.0 Å². The van der Waals surface area contributed by atoms with Gasteiger partial charge in [-0.2, -0.15) is 5.10 Å². The van der Waals surface area contributed by atoms with Gasteiger partial charge in [-0.3, -0.25) is 9.69 Å². The van der Waals surface area contributed by atoms with Crippen molar-refractivity contribution in [3.8, 4) is 5.75 Å². The first-order valence-corrected chi connectivity index (χ1v) is 8.59. The van der Waals surface area contributed by atoms with Crippen LogP contribution in [0.2, 0.25) is 0 Å². The molecule has 7 heteroatoms. The molecule has 0 radical (unpaired) electrons. The molecule has 0 N–H and O–H groups in total. The van der Waals surface area contributed by atoms with E-state index in [-0.39, 0.29) is 5.91 Å².